The van der Waals surface area contributed by atoms with E-state index >= 15 is 0 Å². The summed E-state index contributed by atoms with van der Waals surface area (Å²) in [6.07, 6.45) is 0. The zero-order valence-corrected chi connectivity index (χ0v) is 6.46. The third-order valence-corrected chi connectivity index (χ3v) is 0.832. The van der Waals surface area contributed by atoms with Gasteiger partial charge in [0.1, 0.15) is 0 Å². The Morgan fingerprint density at radius 3 is 2.40 bits per heavy atom. The van der Waals surface area contributed by atoms with Gasteiger partial charge < -0.3 is 0 Å². The number of hydrogen-bond donors (Lipinski definition) is 1. The molecule has 1 heterocycles. The van der Waals surface area contributed by atoms with Gasteiger partial charge in [0.25, 0.3) is 0 Å². The Morgan fingerprint density at radius 2 is 2.20 bits per heavy atom. The van der Waals surface area contributed by atoms with Crippen molar-refractivity contribution in [1.82, 2.24) is 20.2 Å². The maximum Gasteiger partial charge on any atom is 0.361 e. The highest BCUT2D eigenvalue weighted by molar-refractivity contribution is 4.47. The molecule has 0 aliphatic carbocycles. The molecule has 0 radical (unpaired) electrons. The Morgan fingerprint density at radius 1 is 1.60 bits per heavy atom. The minimum absolute atomic E-state index is 0.257. The smallest absolute Gasteiger partial charge is 0.245 e. The second-order valence-electron chi connectivity index (χ2n) is 1.32. The summed E-state index contributed by atoms with van der Waals surface area (Å²) in [5.74, 6) is 0. The molecule has 1 aromatic rings. The normalized spacial score (nSPS) is 8.30. The highest BCUT2D eigenvalue weighted by Crippen LogP contribution is 1.62. The van der Waals surface area contributed by atoms with E-state index in [1.807, 2.05) is 20.8 Å². The van der Waals surface area contributed by atoms with Crippen LogP contribution in [0.2, 0.25) is 0 Å². The molecule has 5 heteroatoms. The lowest BCUT2D eigenvalue weighted by Gasteiger charge is -1.82. The van der Waals surface area contributed by atoms with Crippen LogP contribution in [0.5, 0.6) is 0 Å². The molecule has 1 rings (SSSR count). The summed E-state index contributed by atoms with van der Waals surface area (Å²) in [7, 11) is 0. The van der Waals surface area contributed by atoms with Gasteiger partial charge in [0.05, 0.1) is 0 Å². The van der Waals surface area contributed by atoms with Gasteiger partial charge in [-0.1, -0.05) is 13.8 Å². The van der Waals surface area contributed by atoms with Gasteiger partial charge in [-0.2, -0.15) is 4.68 Å². The van der Waals surface area contributed by atoms with E-state index in [1.165, 1.54) is 4.68 Å². The SMILES string of the molecule is CC.CCn1nn[nH]c1=O. The van der Waals surface area contributed by atoms with Gasteiger partial charge in [-0.15, -0.1) is 0 Å². The third-order valence-electron chi connectivity index (χ3n) is 0.832. The summed E-state index contributed by atoms with van der Waals surface area (Å²) in [5, 5.41) is 8.87. The fourth-order valence-corrected chi connectivity index (χ4v) is 0.424. The van der Waals surface area contributed by atoms with Crippen molar-refractivity contribution in [2.24, 2.45) is 0 Å². The van der Waals surface area contributed by atoms with E-state index in [2.05, 4.69) is 15.5 Å². The summed E-state index contributed by atoms with van der Waals surface area (Å²) in [6.45, 7) is 6.39. The largest absolute Gasteiger partial charge is 0.361 e. The lowest BCUT2D eigenvalue weighted by atomic mass is 10.8. The molecule has 1 N–H and O–H groups in total. The minimum Gasteiger partial charge on any atom is -0.245 e. The highest BCUT2D eigenvalue weighted by atomic mass is 16.2. The van der Waals surface area contributed by atoms with Crippen LogP contribution in [0.25, 0.3) is 0 Å². The van der Waals surface area contributed by atoms with Crippen molar-refractivity contribution < 1.29 is 0 Å². The summed E-state index contributed by atoms with van der Waals surface area (Å²) in [6, 6.07) is 0. The fourth-order valence-electron chi connectivity index (χ4n) is 0.424. The van der Waals surface area contributed by atoms with E-state index in [9.17, 15) is 4.79 Å². The average molecular weight is 144 g/mol. The number of nitrogens with zero attached hydrogens (tertiary/aromatic N) is 3. The standard InChI is InChI=1S/C3H6N4O.C2H6/c1-2-7-3(8)4-5-6-7;1-2/h2H2,1H3,(H,4,6,8);1-2H3. The summed E-state index contributed by atoms with van der Waals surface area (Å²) < 4.78 is 1.24. The van der Waals surface area contributed by atoms with E-state index in [0.29, 0.717) is 6.54 Å². The van der Waals surface area contributed by atoms with E-state index in [1.54, 1.807) is 0 Å². The lowest BCUT2D eigenvalue weighted by Crippen LogP contribution is -2.16. The fraction of sp³-hybridized carbons (Fsp3) is 0.800. The van der Waals surface area contributed by atoms with Gasteiger partial charge in [-0.25, -0.2) is 9.89 Å². The maximum atomic E-state index is 10.4. The number of aryl methyl sites for hydroxylation is 1. The van der Waals surface area contributed by atoms with Gasteiger partial charge in [-0.3, -0.25) is 0 Å². The molecular formula is C5H12N4O. The number of rotatable bonds is 1. The molecule has 0 spiro atoms. The van der Waals surface area contributed by atoms with Crippen LogP contribution >= 0.6 is 0 Å². The molecule has 0 saturated carbocycles. The third kappa shape index (κ3) is 2.00. The Hall–Kier alpha value is -1.13. The van der Waals surface area contributed by atoms with Crippen LogP contribution in [0.4, 0.5) is 0 Å². The molecule has 0 bridgehead atoms. The molecule has 0 unspecified atom stereocenters. The van der Waals surface area contributed by atoms with Gasteiger partial charge in [0.15, 0.2) is 0 Å². The van der Waals surface area contributed by atoms with E-state index < -0.39 is 0 Å². The second-order valence-corrected chi connectivity index (χ2v) is 1.32. The van der Waals surface area contributed by atoms with Crippen LogP contribution in [-0.4, -0.2) is 20.2 Å². The second kappa shape index (κ2) is 4.72. The van der Waals surface area contributed by atoms with Gasteiger partial charge in [0, 0.05) is 6.54 Å². The Kier molecular flexibility index (Phi) is 4.19. The van der Waals surface area contributed by atoms with E-state index in [0.717, 1.165) is 0 Å². The predicted molar refractivity (Wildman–Crippen MR) is 37.7 cm³/mol. The molecule has 10 heavy (non-hydrogen) atoms. The summed E-state index contributed by atoms with van der Waals surface area (Å²) in [5.41, 5.74) is -0.257. The molecule has 0 atom stereocenters. The van der Waals surface area contributed by atoms with Crippen molar-refractivity contribution in [1.29, 1.82) is 0 Å². The summed E-state index contributed by atoms with van der Waals surface area (Å²) in [4.78, 5) is 10.4. The number of hydrogen-bond acceptors (Lipinski definition) is 3. The molecule has 5 nitrogen and oxygen atoms in total. The van der Waals surface area contributed by atoms with Crippen molar-refractivity contribution in [2.75, 3.05) is 0 Å². The molecule has 0 aliphatic heterocycles. The average Bonchev–Trinajstić information content (AvgIpc) is 2.39. The zero-order chi connectivity index (χ0) is 7.98. The van der Waals surface area contributed by atoms with E-state index in [-0.39, 0.29) is 5.69 Å². The van der Waals surface area contributed by atoms with Crippen LogP contribution in [0.15, 0.2) is 4.79 Å². The molecular weight excluding hydrogens is 132 g/mol. The molecule has 0 saturated heterocycles. The first-order valence-corrected chi connectivity index (χ1v) is 3.32. The van der Waals surface area contributed by atoms with Crippen molar-refractivity contribution in [3.05, 3.63) is 10.5 Å². The molecule has 0 aliphatic rings. The van der Waals surface area contributed by atoms with Crippen molar-refractivity contribution in [2.45, 2.75) is 27.3 Å². The Bertz CT molecular complexity index is 213. The Labute approximate surface area is 59.0 Å². The topological polar surface area (TPSA) is 63.6 Å². The van der Waals surface area contributed by atoms with Gasteiger partial charge in [-0.05, 0) is 17.4 Å². The van der Waals surface area contributed by atoms with Crippen LogP contribution < -0.4 is 5.69 Å². The lowest BCUT2D eigenvalue weighted by molar-refractivity contribution is 0.609. The monoisotopic (exact) mass is 144 g/mol. The first kappa shape index (κ1) is 8.87. The first-order valence-electron chi connectivity index (χ1n) is 3.32. The van der Waals surface area contributed by atoms with Crippen LogP contribution in [0, 0.1) is 0 Å². The first-order chi connectivity index (χ1) is 4.84. The van der Waals surface area contributed by atoms with Crippen LogP contribution in [-0.2, 0) is 6.54 Å². The van der Waals surface area contributed by atoms with Gasteiger partial charge in [0.2, 0.25) is 0 Å². The van der Waals surface area contributed by atoms with Crippen LogP contribution in [0.3, 0.4) is 0 Å². The molecule has 0 aromatic carbocycles. The molecule has 58 valence electrons. The number of tetrazole rings is 1. The predicted octanol–water partition coefficient (Wildman–Crippen LogP) is 0.0125. The number of H-pyrrole nitrogens is 1. The highest BCUT2D eigenvalue weighted by Gasteiger charge is 1.90. The number of aromatic nitrogens is 4. The quantitative estimate of drug-likeness (QED) is 0.604. The molecule has 0 amide bonds. The molecule has 0 fully saturated rings. The van der Waals surface area contributed by atoms with Gasteiger partial charge >= 0.3 is 5.69 Å². The molecule has 1 aromatic heterocycles. The minimum atomic E-state index is -0.257. The number of aromatic amines is 1. The Balaban J connectivity index is 0.000000371. The maximum absolute atomic E-state index is 10.4. The van der Waals surface area contributed by atoms with Crippen molar-refractivity contribution >= 4 is 0 Å². The van der Waals surface area contributed by atoms with Crippen molar-refractivity contribution in [3.8, 4) is 0 Å². The van der Waals surface area contributed by atoms with Crippen molar-refractivity contribution in [3.63, 3.8) is 0 Å². The van der Waals surface area contributed by atoms with E-state index in [4.69, 9.17) is 0 Å². The zero-order valence-electron chi connectivity index (χ0n) is 6.46. The number of nitrogens with one attached hydrogen (secondary N) is 1. The summed E-state index contributed by atoms with van der Waals surface area (Å²) >= 11 is 0. The van der Waals surface area contributed by atoms with Crippen LogP contribution in [0.1, 0.15) is 20.8 Å².